The average molecular weight is 430 g/mol. The molecule has 1 fully saturated rings. The van der Waals surface area contributed by atoms with E-state index in [2.05, 4.69) is 15.3 Å². The van der Waals surface area contributed by atoms with E-state index in [1.807, 2.05) is 32.2 Å². The predicted octanol–water partition coefficient (Wildman–Crippen LogP) is 4.44. The largest absolute Gasteiger partial charge is 0.486 e. The van der Waals surface area contributed by atoms with Gasteiger partial charge in [0.15, 0.2) is 0 Å². The molecule has 1 atom stereocenters. The Kier molecular flexibility index (Phi) is 5.80. The van der Waals surface area contributed by atoms with E-state index < -0.39 is 0 Å². The van der Waals surface area contributed by atoms with Crippen LogP contribution in [0.4, 0.5) is 0 Å². The fourth-order valence-electron chi connectivity index (χ4n) is 2.88. The first-order valence-corrected chi connectivity index (χ1v) is 10.4. The molecule has 1 unspecified atom stereocenters. The number of ether oxygens (including phenoxy) is 2. The highest BCUT2D eigenvalue weighted by molar-refractivity contribution is 7.14. The Morgan fingerprint density at radius 3 is 2.72 bits per heavy atom. The van der Waals surface area contributed by atoms with Crippen LogP contribution in [0.3, 0.4) is 0 Å². The number of nitrogens with one attached hydrogen (secondary N) is 1. The van der Waals surface area contributed by atoms with E-state index in [-0.39, 0.29) is 18.1 Å². The number of halogens is 1. The third kappa shape index (κ3) is 4.75. The molecule has 8 heteroatoms. The highest BCUT2D eigenvalue weighted by atomic mass is 35.5. The summed E-state index contributed by atoms with van der Waals surface area (Å²) >= 11 is 7.47. The topological polar surface area (TPSA) is 73.3 Å². The lowest BCUT2D eigenvalue weighted by Gasteiger charge is -2.27. The summed E-state index contributed by atoms with van der Waals surface area (Å²) in [5.74, 6) is 0.421. The van der Waals surface area contributed by atoms with E-state index in [0.717, 1.165) is 21.1 Å². The van der Waals surface area contributed by atoms with Gasteiger partial charge in [-0.25, -0.2) is 4.98 Å². The predicted molar refractivity (Wildman–Crippen MR) is 113 cm³/mol. The van der Waals surface area contributed by atoms with Crippen molar-refractivity contribution in [2.45, 2.75) is 26.0 Å². The number of nitrogens with zero attached hydrogens (tertiary/aromatic N) is 2. The maximum absolute atomic E-state index is 12.9. The zero-order valence-electron chi connectivity index (χ0n) is 16.0. The van der Waals surface area contributed by atoms with E-state index in [1.54, 1.807) is 35.7 Å². The van der Waals surface area contributed by atoms with Gasteiger partial charge in [0.2, 0.25) is 0 Å². The van der Waals surface area contributed by atoms with Crippen molar-refractivity contribution in [3.05, 3.63) is 63.9 Å². The lowest BCUT2D eigenvalue weighted by Crippen LogP contribution is -2.38. The second kappa shape index (κ2) is 8.49. The molecule has 1 aliphatic heterocycles. The minimum atomic E-state index is -0.269. The number of pyridine rings is 1. The number of benzene rings is 1. The lowest BCUT2D eigenvalue weighted by molar-refractivity contribution is -0.0796. The number of carbonyl (C=O) groups excluding carboxylic acids is 1. The molecule has 29 heavy (non-hydrogen) atoms. The average Bonchev–Trinajstić information content (AvgIpc) is 3.11. The Labute approximate surface area is 177 Å². The second-order valence-corrected chi connectivity index (χ2v) is 8.57. The first kappa shape index (κ1) is 19.8. The fourth-order valence-corrected chi connectivity index (χ4v) is 3.75. The first-order chi connectivity index (χ1) is 14.0. The third-order valence-electron chi connectivity index (χ3n) is 4.49. The molecule has 2 aromatic heterocycles. The molecule has 0 aliphatic carbocycles. The molecule has 0 spiro atoms. The van der Waals surface area contributed by atoms with E-state index in [1.165, 1.54) is 0 Å². The quantitative estimate of drug-likeness (QED) is 0.627. The summed E-state index contributed by atoms with van der Waals surface area (Å²) < 4.78 is 11.1. The minimum absolute atomic E-state index is 0.0105. The number of hydrogen-bond donors (Lipinski definition) is 1. The zero-order valence-corrected chi connectivity index (χ0v) is 17.6. The maximum atomic E-state index is 12.9. The number of aryl methyl sites for hydroxylation is 1. The monoisotopic (exact) mass is 429 g/mol. The van der Waals surface area contributed by atoms with E-state index in [0.29, 0.717) is 29.5 Å². The first-order valence-electron chi connectivity index (χ1n) is 9.22. The normalized spacial score (nSPS) is 14.9. The summed E-state index contributed by atoms with van der Waals surface area (Å²) in [5.41, 5.74) is 2.09. The number of aromatic nitrogens is 2. The van der Waals surface area contributed by atoms with Crippen molar-refractivity contribution in [1.29, 1.82) is 0 Å². The second-order valence-electron chi connectivity index (χ2n) is 6.90. The van der Waals surface area contributed by atoms with Crippen molar-refractivity contribution in [2.24, 2.45) is 0 Å². The summed E-state index contributed by atoms with van der Waals surface area (Å²) in [6.45, 7) is 5.00. The minimum Gasteiger partial charge on any atom is -0.486 e. The number of hydrogen-bond acceptors (Lipinski definition) is 6. The summed E-state index contributed by atoms with van der Waals surface area (Å²) in [6, 6.07) is 8.78. The molecule has 4 rings (SSSR count). The lowest BCUT2D eigenvalue weighted by atomic mass is 10.1. The van der Waals surface area contributed by atoms with Crippen LogP contribution in [-0.2, 0) is 4.74 Å². The van der Waals surface area contributed by atoms with Gasteiger partial charge in [-0.1, -0.05) is 11.6 Å². The zero-order chi connectivity index (χ0) is 20.4. The number of rotatable bonds is 6. The maximum Gasteiger partial charge on any atom is 0.251 e. The van der Waals surface area contributed by atoms with Gasteiger partial charge in [0.05, 0.1) is 30.0 Å². The van der Waals surface area contributed by atoms with Crippen molar-refractivity contribution < 1.29 is 14.3 Å². The molecule has 1 N–H and O–H groups in total. The van der Waals surface area contributed by atoms with Crippen molar-refractivity contribution in [2.75, 3.05) is 13.2 Å². The standard InChI is InChI=1S/C21H20ClN3O3S/c1-12-8-24-21(29-12)15-5-14(6-17(7-15)28-18-10-27-11-18)20(26)25-13(2)19-4-3-16(22)9-23-19/h3-9,13,18H,10-11H2,1-2H3,(H,25,26). The number of carbonyl (C=O) groups is 1. The summed E-state index contributed by atoms with van der Waals surface area (Å²) in [6.07, 6.45) is 3.40. The molecule has 1 aliphatic rings. The van der Waals surface area contributed by atoms with Gasteiger partial charge in [0, 0.05) is 28.4 Å². The van der Waals surface area contributed by atoms with E-state index in [9.17, 15) is 4.79 Å². The Bertz CT molecular complexity index is 1020. The molecule has 6 nitrogen and oxygen atoms in total. The molecule has 0 saturated carbocycles. The van der Waals surface area contributed by atoms with Crippen LogP contribution in [0, 0.1) is 6.92 Å². The van der Waals surface area contributed by atoms with Crippen molar-refractivity contribution >= 4 is 28.8 Å². The third-order valence-corrected chi connectivity index (χ3v) is 5.67. The van der Waals surface area contributed by atoms with Crippen LogP contribution in [0.25, 0.3) is 10.6 Å². The van der Waals surface area contributed by atoms with Crippen LogP contribution >= 0.6 is 22.9 Å². The van der Waals surface area contributed by atoms with Crippen LogP contribution in [0.5, 0.6) is 5.75 Å². The van der Waals surface area contributed by atoms with Gasteiger partial charge >= 0.3 is 0 Å². The van der Waals surface area contributed by atoms with Gasteiger partial charge in [-0.05, 0) is 44.2 Å². The van der Waals surface area contributed by atoms with Gasteiger partial charge in [-0.3, -0.25) is 9.78 Å². The molecule has 3 aromatic rings. The molecule has 1 saturated heterocycles. The summed E-state index contributed by atoms with van der Waals surface area (Å²) in [4.78, 5) is 22.8. The molecular weight excluding hydrogens is 410 g/mol. The van der Waals surface area contributed by atoms with Gasteiger partial charge in [0.1, 0.15) is 16.9 Å². The SMILES string of the molecule is Cc1cnc(-c2cc(OC3COC3)cc(C(=O)NC(C)c3ccc(Cl)cn3)c2)s1. The van der Waals surface area contributed by atoms with Gasteiger partial charge in [-0.2, -0.15) is 0 Å². The Balaban J connectivity index is 1.59. The Morgan fingerprint density at radius 2 is 2.10 bits per heavy atom. The number of thiazole rings is 1. The molecule has 150 valence electrons. The number of amides is 1. The van der Waals surface area contributed by atoms with E-state index in [4.69, 9.17) is 21.1 Å². The molecule has 0 bridgehead atoms. The Hall–Kier alpha value is -2.48. The Morgan fingerprint density at radius 1 is 1.28 bits per heavy atom. The van der Waals surface area contributed by atoms with Gasteiger partial charge < -0.3 is 14.8 Å². The van der Waals surface area contributed by atoms with Crippen molar-refractivity contribution in [3.63, 3.8) is 0 Å². The summed E-state index contributed by atoms with van der Waals surface area (Å²) in [7, 11) is 0. The van der Waals surface area contributed by atoms with Crippen molar-refractivity contribution in [3.8, 4) is 16.3 Å². The van der Waals surface area contributed by atoms with Crippen LogP contribution < -0.4 is 10.1 Å². The summed E-state index contributed by atoms with van der Waals surface area (Å²) in [5, 5.41) is 4.39. The van der Waals surface area contributed by atoms with Crippen LogP contribution in [0.2, 0.25) is 5.02 Å². The fraction of sp³-hybridized carbons (Fsp3) is 0.286. The molecule has 1 amide bonds. The van der Waals surface area contributed by atoms with Crippen molar-refractivity contribution in [1.82, 2.24) is 15.3 Å². The molecule has 1 aromatic carbocycles. The molecule has 0 radical (unpaired) electrons. The molecular formula is C21H20ClN3O3S. The van der Waals surface area contributed by atoms with Crippen LogP contribution in [-0.4, -0.2) is 35.2 Å². The van der Waals surface area contributed by atoms with Gasteiger partial charge in [0.25, 0.3) is 5.91 Å². The highest BCUT2D eigenvalue weighted by Gasteiger charge is 2.22. The highest BCUT2D eigenvalue weighted by Crippen LogP contribution is 2.30. The smallest absolute Gasteiger partial charge is 0.251 e. The van der Waals surface area contributed by atoms with E-state index >= 15 is 0 Å². The van der Waals surface area contributed by atoms with Crippen LogP contribution in [0.1, 0.15) is 33.9 Å². The molecule has 3 heterocycles. The van der Waals surface area contributed by atoms with Crippen LogP contribution in [0.15, 0.2) is 42.7 Å². The van der Waals surface area contributed by atoms with Gasteiger partial charge in [-0.15, -0.1) is 11.3 Å².